The van der Waals surface area contributed by atoms with Gasteiger partial charge in [0.2, 0.25) is 17.7 Å². The van der Waals surface area contributed by atoms with E-state index in [1.54, 1.807) is 24.4 Å². The Kier molecular flexibility index (Phi) is 14.5. The van der Waals surface area contributed by atoms with Gasteiger partial charge in [-0.05, 0) is 44.1 Å². The number of aryl methyl sites for hydroxylation is 2. The minimum atomic E-state index is -1.15. The molecule has 0 spiro atoms. The Bertz CT molecular complexity index is 1270. The molecule has 4 N–H and O–H groups in total. The van der Waals surface area contributed by atoms with Crippen LogP contribution in [0, 0.1) is 25.7 Å². The summed E-state index contributed by atoms with van der Waals surface area (Å²) in [4.78, 5) is 49.5. The maximum absolute atomic E-state index is 14.1. The van der Waals surface area contributed by atoms with Crippen molar-refractivity contribution in [3.8, 4) is 0 Å². The van der Waals surface area contributed by atoms with Crippen molar-refractivity contribution >= 4 is 34.2 Å². The fourth-order valence-corrected chi connectivity index (χ4v) is 7.04. The first-order valence-electron chi connectivity index (χ1n) is 16.6. The van der Waals surface area contributed by atoms with Gasteiger partial charge < -0.3 is 30.6 Å². The van der Waals surface area contributed by atoms with Gasteiger partial charge in [-0.2, -0.15) is 0 Å². The normalized spacial score (nSPS) is 15.8. The Labute approximate surface area is 279 Å². The third kappa shape index (κ3) is 11.7. The number of nitrogen functional groups attached to an aromatic ring is 1. The molecular formula is C35H55N5O5S. The highest BCUT2D eigenvalue weighted by Gasteiger charge is 2.37. The number of hydrogen-bond acceptors (Lipinski definition) is 8. The number of benzene rings is 1. The first-order valence-corrected chi connectivity index (χ1v) is 17.5. The average Bonchev–Trinajstić information content (AvgIpc) is 3.40. The van der Waals surface area contributed by atoms with Gasteiger partial charge in [-0.25, -0.2) is 4.98 Å². The Morgan fingerprint density at radius 3 is 2.15 bits per heavy atom. The largest absolute Gasteiger partial charge is 0.390 e. The molecule has 1 heterocycles. The quantitative estimate of drug-likeness (QED) is 0.238. The number of aliphatic hydroxyl groups excluding tert-OH is 2. The van der Waals surface area contributed by atoms with Gasteiger partial charge in [0.15, 0.2) is 5.13 Å². The van der Waals surface area contributed by atoms with Gasteiger partial charge in [-0.1, -0.05) is 75.3 Å². The first kappa shape index (κ1) is 37.4. The lowest BCUT2D eigenvalue weighted by Gasteiger charge is -2.39. The van der Waals surface area contributed by atoms with Crippen LogP contribution in [0.15, 0.2) is 23.6 Å². The minimum Gasteiger partial charge on any atom is -0.390 e. The molecule has 2 aromatic rings. The van der Waals surface area contributed by atoms with Gasteiger partial charge in [-0.15, -0.1) is 11.3 Å². The molecule has 0 radical (unpaired) electrons. The molecule has 3 amide bonds. The van der Waals surface area contributed by atoms with E-state index in [1.807, 2.05) is 39.8 Å². The van der Waals surface area contributed by atoms with Crippen LogP contribution in [-0.4, -0.2) is 86.5 Å². The molecule has 3 rings (SSSR count). The average molecular weight is 658 g/mol. The number of anilines is 1. The molecule has 1 saturated carbocycles. The van der Waals surface area contributed by atoms with Crippen molar-refractivity contribution < 1.29 is 24.6 Å². The number of nitrogens with zero attached hydrogens (tertiary/aromatic N) is 4. The van der Waals surface area contributed by atoms with Crippen LogP contribution in [0.1, 0.15) is 94.0 Å². The molecule has 10 nitrogen and oxygen atoms in total. The lowest BCUT2D eigenvalue weighted by molar-refractivity contribution is -0.145. The predicted octanol–water partition coefficient (Wildman–Crippen LogP) is 4.67. The zero-order valence-electron chi connectivity index (χ0n) is 28.6. The van der Waals surface area contributed by atoms with Gasteiger partial charge in [0.25, 0.3) is 0 Å². The molecule has 1 aliphatic carbocycles. The number of thiazole rings is 1. The van der Waals surface area contributed by atoms with Crippen LogP contribution in [0.2, 0.25) is 0 Å². The molecule has 46 heavy (non-hydrogen) atoms. The van der Waals surface area contributed by atoms with Crippen LogP contribution in [0.4, 0.5) is 5.13 Å². The third-order valence-electron chi connectivity index (χ3n) is 8.81. The summed E-state index contributed by atoms with van der Waals surface area (Å²) in [5.41, 5.74) is 9.58. The van der Waals surface area contributed by atoms with Gasteiger partial charge in [0.05, 0.1) is 24.4 Å². The maximum atomic E-state index is 14.1. The monoisotopic (exact) mass is 657 g/mol. The van der Waals surface area contributed by atoms with Crippen LogP contribution in [-0.2, 0) is 27.5 Å². The van der Waals surface area contributed by atoms with Crippen molar-refractivity contribution in [2.75, 3.05) is 26.4 Å². The fourth-order valence-electron chi connectivity index (χ4n) is 6.49. The van der Waals surface area contributed by atoms with E-state index in [9.17, 15) is 24.6 Å². The molecule has 256 valence electrons. The van der Waals surface area contributed by atoms with E-state index in [-0.39, 0.29) is 56.1 Å². The van der Waals surface area contributed by atoms with Crippen LogP contribution in [0.3, 0.4) is 0 Å². The van der Waals surface area contributed by atoms with E-state index < -0.39 is 18.2 Å². The standard InChI is InChI=1S/C35H55N5O5S/c1-23(2)14-30(41)34(45)29(18-26-10-8-7-9-11-26)40(20-28-22-46-35(36)37-28)32(43)13-12-31(42)39(21-33(44)38(5)6)19-27-16-24(3)15-25(4)17-27/h15-17,22-23,26,29-30,34,41,45H,7-14,18-21H2,1-6H3,(H2,36,37)/t29-,30-,34+/m0/s1. The number of nitrogens with two attached hydrogens (primary N) is 1. The summed E-state index contributed by atoms with van der Waals surface area (Å²) in [6, 6.07) is 5.41. The second-order valence-electron chi connectivity index (χ2n) is 13.7. The van der Waals surface area contributed by atoms with Crippen LogP contribution < -0.4 is 5.73 Å². The molecule has 3 atom stereocenters. The summed E-state index contributed by atoms with van der Waals surface area (Å²) in [6.45, 7) is 8.24. The highest BCUT2D eigenvalue weighted by atomic mass is 32.1. The molecule has 0 unspecified atom stereocenters. The number of likely N-dealkylation sites (N-methyl/N-ethyl adjacent to an activating group) is 1. The van der Waals surface area contributed by atoms with Crippen molar-refractivity contribution in [3.63, 3.8) is 0 Å². The second-order valence-corrected chi connectivity index (χ2v) is 14.6. The molecule has 1 aromatic carbocycles. The summed E-state index contributed by atoms with van der Waals surface area (Å²) < 4.78 is 0. The van der Waals surface area contributed by atoms with Crippen LogP contribution in [0.5, 0.6) is 0 Å². The molecule has 1 aliphatic rings. The van der Waals surface area contributed by atoms with Crippen molar-refractivity contribution in [2.45, 2.75) is 117 Å². The molecule has 1 aromatic heterocycles. The topological polar surface area (TPSA) is 140 Å². The van der Waals surface area contributed by atoms with Gasteiger partial charge in [-0.3, -0.25) is 14.4 Å². The van der Waals surface area contributed by atoms with Gasteiger partial charge in [0, 0.05) is 38.9 Å². The number of aromatic nitrogens is 1. The zero-order valence-corrected chi connectivity index (χ0v) is 29.4. The Balaban J connectivity index is 1.87. The summed E-state index contributed by atoms with van der Waals surface area (Å²) in [5.74, 6) is -0.330. The lowest BCUT2D eigenvalue weighted by Crippen LogP contribution is -2.52. The van der Waals surface area contributed by atoms with Crippen molar-refractivity contribution in [3.05, 3.63) is 46.0 Å². The van der Waals surface area contributed by atoms with E-state index >= 15 is 0 Å². The summed E-state index contributed by atoms with van der Waals surface area (Å²) >= 11 is 1.28. The number of aliphatic hydroxyl groups is 2. The lowest BCUT2D eigenvalue weighted by atomic mass is 9.81. The summed E-state index contributed by atoms with van der Waals surface area (Å²) in [7, 11) is 3.31. The van der Waals surface area contributed by atoms with Crippen molar-refractivity contribution in [1.82, 2.24) is 19.7 Å². The minimum absolute atomic E-state index is 0.0964. The first-order chi connectivity index (χ1) is 21.7. The molecule has 0 saturated heterocycles. The summed E-state index contributed by atoms with van der Waals surface area (Å²) in [5, 5.41) is 24.8. The van der Waals surface area contributed by atoms with E-state index in [0.29, 0.717) is 29.6 Å². The molecule has 0 bridgehead atoms. The number of rotatable bonds is 16. The molecule has 1 fully saturated rings. The van der Waals surface area contributed by atoms with Crippen molar-refractivity contribution in [2.24, 2.45) is 11.8 Å². The Morgan fingerprint density at radius 1 is 0.957 bits per heavy atom. The highest BCUT2D eigenvalue weighted by Crippen LogP contribution is 2.32. The van der Waals surface area contributed by atoms with Crippen molar-refractivity contribution in [1.29, 1.82) is 0 Å². The van der Waals surface area contributed by atoms with Crippen LogP contribution >= 0.6 is 11.3 Å². The highest BCUT2D eigenvalue weighted by molar-refractivity contribution is 7.13. The third-order valence-corrected chi connectivity index (χ3v) is 9.53. The van der Waals surface area contributed by atoms with Gasteiger partial charge >= 0.3 is 0 Å². The Hall–Kier alpha value is -3.02. The number of carbonyl (C=O) groups excluding carboxylic acids is 3. The van der Waals surface area contributed by atoms with E-state index in [2.05, 4.69) is 11.1 Å². The number of hydrogen-bond donors (Lipinski definition) is 3. The maximum Gasteiger partial charge on any atom is 0.241 e. The van der Waals surface area contributed by atoms with E-state index in [1.165, 1.54) is 27.6 Å². The molecular weight excluding hydrogens is 602 g/mol. The number of carbonyl (C=O) groups is 3. The van der Waals surface area contributed by atoms with E-state index in [4.69, 9.17) is 5.73 Å². The fraction of sp³-hybridized carbons (Fsp3) is 0.657. The number of amides is 3. The van der Waals surface area contributed by atoms with E-state index in [0.717, 1.165) is 42.4 Å². The molecule has 11 heteroatoms. The Morgan fingerprint density at radius 2 is 1.59 bits per heavy atom. The SMILES string of the molecule is Cc1cc(C)cc(CN(CC(=O)N(C)C)C(=O)CCC(=O)N(Cc2csc(N)n2)[C@@H](CC2CCCCC2)[C@@H](O)[C@@H](O)CC(C)C)c1. The van der Waals surface area contributed by atoms with Gasteiger partial charge in [0.1, 0.15) is 12.6 Å². The zero-order chi connectivity index (χ0) is 34.0. The second kappa shape index (κ2) is 17.8. The summed E-state index contributed by atoms with van der Waals surface area (Å²) in [6.07, 6.45) is 4.03. The predicted molar refractivity (Wildman–Crippen MR) is 183 cm³/mol. The smallest absolute Gasteiger partial charge is 0.241 e. The van der Waals surface area contributed by atoms with Crippen LogP contribution in [0.25, 0.3) is 0 Å². The molecule has 0 aliphatic heterocycles.